The summed E-state index contributed by atoms with van der Waals surface area (Å²) in [6.07, 6.45) is 16.1. The van der Waals surface area contributed by atoms with Crippen molar-refractivity contribution in [2.75, 3.05) is 26.2 Å². The molecule has 0 aromatic heterocycles. The molecule has 0 aromatic carbocycles. The molecule has 26 heavy (non-hydrogen) atoms. The molecule has 2 saturated heterocycles. The van der Waals surface area contributed by atoms with Crippen molar-refractivity contribution in [3.05, 3.63) is 38.8 Å². The zero-order valence-electron chi connectivity index (χ0n) is 14.5. The van der Waals surface area contributed by atoms with Crippen molar-refractivity contribution in [2.45, 2.75) is 38.5 Å². The van der Waals surface area contributed by atoms with E-state index in [4.69, 9.17) is 4.65 Å². The van der Waals surface area contributed by atoms with Crippen LogP contribution in [0.1, 0.15) is 38.5 Å². The van der Waals surface area contributed by atoms with Crippen LogP contribution in [0.4, 0.5) is 16.8 Å². The van der Waals surface area contributed by atoms with E-state index in [1.54, 1.807) is 0 Å². The van der Waals surface area contributed by atoms with Crippen LogP contribution in [0.15, 0.2) is 0 Å². The van der Waals surface area contributed by atoms with Crippen LogP contribution >= 0.6 is 17.4 Å². The van der Waals surface area contributed by atoms with Crippen molar-refractivity contribution < 1.29 is 38.5 Å². The van der Waals surface area contributed by atoms with Gasteiger partial charge in [-0.25, -0.2) is 9.34 Å². The predicted molar refractivity (Wildman–Crippen MR) is 94.5 cm³/mol. The number of piperidine rings is 2. The van der Waals surface area contributed by atoms with Crippen LogP contribution in [0.2, 0.25) is 0 Å². The van der Waals surface area contributed by atoms with Crippen LogP contribution in [-0.2, 0) is 21.7 Å². The molecule has 6 radical (unpaired) electrons. The van der Waals surface area contributed by atoms with E-state index in [1.165, 1.54) is 9.34 Å². The Balaban J connectivity index is 0. The minimum Gasteiger partial charge on any atom is -0.0312 e. The Labute approximate surface area is 168 Å². The molecular weight excluding hydrogens is 429 g/mol. The normalized spacial score (nSPS) is 20.6. The third-order valence-electron chi connectivity index (χ3n) is 3.65. The summed E-state index contributed by atoms with van der Waals surface area (Å²) in [4.78, 5) is 0. The molecule has 0 unspecified atom stereocenters. The number of halogens is 4. The third-order valence-corrected chi connectivity index (χ3v) is 5.30. The predicted octanol–water partition coefficient (Wildman–Crippen LogP) is 6.26. The summed E-state index contributed by atoms with van der Waals surface area (Å²) in [5.41, 5.74) is 0. The van der Waals surface area contributed by atoms with Crippen molar-refractivity contribution in [3.63, 3.8) is 0 Å². The summed E-state index contributed by atoms with van der Waals surface area (Å²) in [6.45, 7) is 6.94. The fraction of sp³-hybridized carbons (Fsp3) is 0.625. The Bertz CT molecular complexity index is 286. The van der Waals surface area contributed by atoms with Gasteiger partial charge in [-0.3, -0.25) is 0 Å². The van der Waals surface area contributed by atoms with E-state index in [0.717, 1.165) is 38.5 Å². The molecule has 0 spiro atoms. The second kappa shape index (κ2) is 20.5. The summed E-state index contributed by atoms with van der Waals surface area (Å²) >= 11 is 0. The number of nitrogens with zero attached hydrogens (tertiary/aromatic N) is 2. The molecule has 0 aromatic rings. The SMILES string of the molecule is FP(F)N1CCCCC1.FP(F)N1CCCCC1.[C-]#[O+].[CH]1[CH][CH][CH][CH]1.[Mn]. The summed E-state index contributed by atoms with van der Waals surface area (Å²) in [7, 11) is -5.57. The second-order valence-electron chi connectivity index (χ2n) is 5.42. The maximum atomic E-state index is 11.9. The first-order valence-corrected chi connectivity index (χ1v) is 10.4. The molecule has 3 fully saturated rings. The van der Waals surface area contributed by atoms with Crippen molar-refractivity contribution in [3.8, 4) is 0 Å². The van der Waals surface area contributed by atoms with Crippen LogP contribution in [0.3, 0.4) is 0 Å². The minimum atomic E-state index is -2.79. The van der Waals surface area contributed by atoms with Gasteiger partial charge < -0.3 is 0 Å². The van der Waals surface area contributed by atoms with Crippen molar-refractivity contribution >= 4 is 17.4 Å². The summed E-state index contributed by atoms with van der Waals surface area (Å²) < 4.78 is 57.7. The molecule has 0 N–H and O–H groups in total. The van der Waals surface area contributed by atoms with Gasteiger partial charge in [-0.15, -0.1) is 0 Å². The molecule has 3 nitrogen and oxygen atoms in total. The van der Waals surface area contributed by atoms with Gasteiger partial charge in [0.25, 0.3) is 0 Å². The first-order chi connectivity index (χ1) is 12.1. The first kappa shape index (κ1) is 29.0. The molecule has 2 aliphatic heterocycles. The summed E-state index contributed by atoms with van der Waals surface area (Å²) in [6, 6.07) is 0. The zero-order valence-corrected chi connectivity index (χ0v) is 17.5. The fourth-order valence-electron chi connectivity index (χ4n) is 2.38. The molecule has 10 heteroatoms. The maximum Gasteiger partial charge on any atom is 0 e. The third kappa shape index (κ3) is 15.8. The summed E-state index contributed by atoms with van der Waals surface area (Å²) in [5.74, 6) is 0. The molecule has 150 valence electrons. The molecule has 3 rings (SSSR count). The van der Waals surface area contributed by atoms with Gasteiger partial charge in [0.05, 0.1) is 0 Å². The van der Waals surface area contributed by atoms with Gasteiger partial charge in [-0.1, -0.05) is 12.8 Å². The zero-order chi connectivity index (χ0) is 18.9. The molecule has 2 heterocycles. The van der Waals surface area contributed by atoms with Crippen molar-refractivity contribution in [2.24, 2.45) is 0 Å². The smallest absolute Gasteiger partial charge is 0 e. The monoisotopic (exact) mass is 454 g/mol. The van der Waals surface area contributed by atoms with Gasteiger partial charge >= 0.3 is 28.7 Å². The second-order valence-corrected chi connectivity index (χ2v) is 7.41. The molecule has 1 aliphatic carbocycles. The van der Waals surface area contributed by atoms with Crippen LogP contribution in [0, 0.1) is 38.8 Å². The topological polar surface area (TPSA) is 26.4 Å². The Morgan fingerprint density at radius 3 is 0.962 bits per heavy atom. The molecule has 3 aliphatic rings. The van der Waals surface area contributed by atoms with E-state index >= 15 is 0 Å². The maximum absolute atomic E-state index is 11.9. The molecule has 0 atom stereocenters. The van der Waals surface area contributed by atoms with Gasteiger partial charge in [-0.05, 0) is 57.8 Å². The van der Waals surface area contributed by atoms with Gasteiger partial charge in [-0.2, -0.15) is 16.8 Å². The van der Waals surface area contributed by atoms with Gasteiger partial charge in [0.15, 0.2) is 0 Å². The molecule has 0 bridgehead atoms. The van der Waals surface area contributed by atoms with E-state index < -0.39 is 17.4 Å². The first-order valence-electron chi connectivity index (χ1n) is 8.21. The van der Waals surface area contributed by atoms with Gasteiger partial charge in [0.1, 0.15) is 0 Å². The average molecular weight is 454 g/mol. The Morgan fingerprint density at radius 1 is 0.577 bits per heavy atom. The quantitative estimate of drug-likeness (QED) is 0.162. The summed E-state index contributed by atoms with van der Waals surface area (Å²) in [5, 5.41) is 0. The number of rotatable bonds is 2. The fourth-order valence-corrected chi connectivity index (χ4v) is 3.55. The van der Waals surface area contributed by atoms with E-state index in [1.807, 2.05) is 32.1 Å². The van der Waals surface area contributed by atoms with E-state index in [9.17, 15) is 16.8 Å². The number of hydrogen-bond donors (Lipinski definition) is 0. The van der Waals surface area contributed by atoms with Gasteiger partial charge in [0.2, 0.25) is 0 Å². The Hall–Kier alpha value is 0.759. The Kier molecular flexibility index (Phi) is 22.8. The Morgan fingerprint density at radius 2 is 0.808 bits per heavy atom. The van der Waals surface area contributed by atoms with Gasteiger partial charge in [0, 0.05) is 43.2 Å². The van der Waals surface area contributed by atoms with Crippen LogP contribution in [0.25, 0.3) is 0 Å². The van der Waals surface area contributed by atoms with E-state index in [-0.39, 0.29) is 17.1 Å². The van der Waals surface area contributed by atoms with Crippen molar-refractivity contribution in [1.29, 1.82) is 0 Å². The molecule has 1 saturated carbocycles. The van der Waals surface area contributed by atoms with Crippen LogP contribution < -0.4 is 0 Å². The van der Waals surface area contributed by atoms with Crippen LogP contribution in [0.5, 0.6) is 0 Å². The molecule has 0 amide bonds. The largest absolute Gasteiger partial charge is 0.0312 e. The number of hydrogen-bond acceptors (Lipinski definition) is 2. The van der Waals surface area contributed by atoms with Crippen LogP contribution in [-0.4, -0.2) is 35.5 Å². The van der Waals surface area contributed by atoms with Crippen molar-refractivity contribution in [1.82, 2.24) is 9.34 Å². The molecular formula is C16H25F4MnN2OP2. The minimum absolute atomic E-state index is 0. The van der Waals surface area contributed by atoms with E-state index in [2.05, 4.69) is 6.65 Å². The average Bonchev–Trinajstić information content (AvgIpc) is 3.25. The van der Waals surface area contributed by atoms with E-state index in [0.29, 0.717) is 26.2 Å². The standard InChI is InChI=1S/2C5H10F2NP.C5H5.CO.Mn/c2*6-9(7)8-4-2-1-3-5-8;1-2-4-5-3-1;1-2;/h2*1-5H2;1-5H;;.